The zero-order valence-corrected chi connectivity index (χ0v) is 11.7. The number of nitro groups is 1. The molecule has 2 atom stereocenters. The number of benzene rings is 1. The van der Waals surface area contributed by atoms with E-state index >= 15 is 0 Å². The van der Waals surface area contributed by atoms with Crippen LogP contribution >= 0.6 is 0 Å². The molecule has 1 N–H and O–H groups in total. The Labute approximate surface area is 122 Å². The molecule has 2 aliphatic heterocycles. The Morgan fingerprint density at radius 3 is 2.62 bits per heavy atom. The number of nitro benzene ring substituents is 1. The Morgan fingerprint density at radius 2 is 2.05 bits per heavy atom. The molecule has 0 spiro atoms. The highest BCUT2D eigenvalue weighted by molar-refractivity contribution is 5.95. The highest BCUT2D eigenvalue weighted by Crippen LogP contribution is 2.31. The van der Waals surface area contributed by atoms with Crippen molar-refractivity contribution in [1.29, 1.82) is 0 Å². The van der Waals surface area contributed by atoms with Gasteiger partial charge in [-0.05, 0) is 17.9 Å². The Hall–Kier alpha value is -2.15. The molecular weight excluding hydrogens is 274 g/mol. The van der Waals surface area contributed by atoms with Gasteiger partial charge in [0.15, 0.2) is 5.75 Å². The van der Waals surface area contributed by atoms with Crippen LogP contribution in [-0.2, 0) is 0 Å². The highest BCUT2D eigenvalue weighted by Gasteiger charge is 2.38. The third-order valence-electron chi connectivity index (χ3n) is 4.30. The van der Waals surface area contributed by atoms with Gasteiger partial charge in [-0.15, -0.1) is 0 Å². The fraction of sp³-hybridized carbons (Fsp3) is 0.500. The maximum absolute atomic E-state index is 12.5. The van der Waals surface area contributed by atoms with Gasteiger partial charge in [-0.1, -0.05) is 0 Å². The number of rotatable bonds is 3. The molecule has 2 unspecified atom stereocenters. The van der Waals surface area contributed by atoms with Crippen LogP contribution in [0, 0.1) is 22.0 Å². The molecule has 1 aromatic carbocycles. The largest absolute Gasteiger partial charge is 0.490 e. The number of likely N-dealkylation sites (tertiary alicyclic amines) is 1. The molecule has 0 saturated carbocycles. The van der Waals surface area contributed by atoms with Gasteiger partial charge in [0.1, 0.15) is 0 Å². The van der Waals surface area contributed by atoms with E-state index in [4.69, 9.17) is 4.74 Å². The quantitative estimate of drug-likeness (QED) is 0.660. The molecule has 1 aromatic rings. The van der Waals surface area contributed by atoms with E-state index < -0.39 is 4.92 Å². The van der Waals surface area contributed by atoms with Crippen LogP contribution in [0.15, 0.2) is 18.2 Å². The smallest absolute Gasteiger partial charge is 0.310 e. The topological polar surface area (TPSA) is 84.7 Å². The van der Waals surface area contributed by atoms with Crippen LogP contribution in [0.5, 0.6) is 5.75 Å². The molecule has 21 heavy (non-hydrogen) atoms. The molecule has 2 aliphatic rings. The zero-order chi connectivity index (χ0) is 15.0. The van der Waals surface area contributed by atoms with Gasteiger partial charge in [-0.3, -0.25) is 14.9 Å². The van der Waals surface area contributed by atoms with Crippen LogP contribution in [0.1, 0.15) is 10.4 Å². The van der Waals surface area contributed by atoms with E-state index in [2.05, 4.69) is 5.32 Å². The Kier molecular flexibility index (Phi) is 3.50. The first-order chi connectivity index (χ1) is 10.1. The SMILES string of the molecule is COc1cc(C(=O)N2CC3CNCC3C2)ccc1[N+](=O)[O-]. The minimum atomic E-state index is -0.515. The summed E-state index contributed by atoms with van der Waals surface area (Å²) >= 11 is 0. The van der Waals surface area contributed by atoms with Gasteiger partial charge in [0.05, 0.1) is 12.0 Å². The summed E-state index contributed by atoms with van der Waals surface area (Å²) in [5.41, 5.74) is 0.307. The van der Waals surface area contributed by atoms with E-state index in [1.165, 1.54) is 25.3 Å². The summed E-state index contributed by atoms with van der Waals surface area (Å²) in [7, 11) is 1.36. The first-order valence-electron chi connectivity index (χ1n) is 6.92. The average Bonchev–Trinajstić information content (AvgIpc) is 3.06. The number of fused-ring (bicyclic) bond motifs is 1. The monoisotopic (exact) mass is 291 g/mol. The van der Waals surface area contributed by atoms with E-state index in [9.17, 15) is 14.9 Å². The minimum absolute atomic E-state index is 0.0856. The number of methoxy groups -OCH3 is 1. The highest BCUT2D eigenvalue weighted by atomic mass is 16.6. The van der Waals surface area contributed by atoms with Crippen LogP contribution in [0.2, 0.25) is 0 Å². The molecule has 7 nitrogen and oxygen atoms in total. The molecule has 3 rings (SSSR count). The zero-order valence-electron chi connectivity index (χ0n) is 11.7. The first-order valence-corrected chi connectivity index (χ1v) is 6.92. The Morgan fingerprint density at radius 1 is 1.38 bits per heavy atom. The lowest BCUT2D eigenvalue weighted by Crippen LogP contribution is -2.31. The molecule has 0 aliphatic carbocycles. The van der Waals surface area contributed by atoms with Crippen molar-refractivity contribution < 1.29 is 14.5 Å². The predicted molar refractivity (Wildman–Crippen MR) is 75.4 cm³/mol. The second-order valence-corrected chi connectivity index (χ2v) is 5.53. The van der Waals surface area contributed by atoms with Crippen molar-refractivity contribution >= 4 is 11.6 Å². The molecule has 2 saturated heterocycles. The minimum Gasteiger partial charge on any atom is -0.490 e. The van der Waals surface area contributed by atoms with Gasteiger partial charge in [0.25, 0.3) is 5.91 Å². The number of hydrogen-bond acceptors (Lipinski definition) is 5. The lowest BCUT2D eigenvalue weighted by atomic mass is 10.0. The number of amides is 1. The summed E-state index contributed by atoms with van der Waals surface area (Å²) < 4.78 is 5.01. The van der Waals surface area contributed by atoms with Crippen molar-refractivity contribution in [2.45, 2.75) is 0 Å². The molecule has 0 aromatic heterocycles. The van der Waals surface area contributed by atoms with Crippen LogP contribution in [0.25, 0.3) is 0 Å². The van der Waals surface area contributed by atoms with E-state index in [0.717, 1.165) is 26.2 Å². The third kappa shape index (κ3) is 2.44. The van der Waals surface area contributed by atoms with E-state index in [-0.39, 0.29) is 17.3 Å². The summed E-state index contributed by atoms with van der Waals surface area (Å²) in [6.07, 6.45) is 0. The predicted octanol–water partition coefficient (Wildman–Crippen LogP) is 0.895. The van der Waals surface area contributed by atoms with Crippen LogP contribution in [0.3, 0.4) is 0 Å². The maximum Gasteiger partial charge on any atom is 0.310 e. The number of carbonyl (C=O) groups is 1. The lowest BCUT2D eigenvalue weighted by Gasteiger charge is -2.17. The van der Waals surface area contributed by atoms with Crippen molar-refractivity contribution in [3.8, 4) is 5.75 Å². The molecular formula is C14H17N3O4. The molecule has 0 bridgehead atoms. The summed E-state index contributed by atoms with van der Waals surface area (Å²) in [5, 5.41) is 14.2. The summed E-state index contributed by atoms with van der Waals surface area (Å²) in [4.78, 5) is 24.7. The molecule has 1 amide bonds. The van der Waals surface area contributed by atoms with Gasteiger partial charge < -0.3 is 15.0 Å². The van der Waals surface area contributed by atoms with Gasteiger partial charge >= 0.3 is 5.69 Å². The second kappa shape index (κ2) is 5.33. The van der Waals surface area contributed by atoms with Crippen LogP contribution in [-0.4, -0.2) is 49.0 Å². The van der Waals surface area contributed by atoms with E-state index in [1.54, 1.807) is 0 Å². The van der Waals surface area contributed by atoms with Crippen molar-refractivity contribution in [2.75, 3.05) is 33.3 Å². The van der Waals surface area contributed by atoms with Crippen LogP contribution in [0.4, 0.5) is 5.69 Å². The summed E-state index contributed by atoms with van der Waals surface area (Å²) in [6.45, 7) is 3.40. The number of hydrogen-bond donors (Lipinski definition) is 1. The van der Waals surface area contributed by atoms with Gasteiger partial charge in [0, 0.05) is 43.9 Å². The first kappa shape index (κ1) is 13.8. The maximum atomic E-state index is 12.5. The fourth-order valence-electron chi connectivity index (χ4n) is 3.17. The summed E-state index contributed by atoms with van der Waals surface area (Å²) in [6, 6.07) is 4.27. The van der Waals surface area contributed by atoms with Crippen LogP contribution < -0.4 is 10.1 Å². The standard InChI is InChI=1S/C14H17N3O4/c1-21-13-4-9(2-3-12(13)17(19)20)14(18)16-7-10-5-15-6-11(10)8-16/h2-4,10-11,15H,5-8H2,1H3. The molecule has 112 valence electrons. The number of carbonyl (C=O) groups excluding carboxylic acids is 1. The van der Waals surface area contributed by atoms with E-state index in [1.807, 2.05) is 4.90 Å². The number of nitrogens with zero attached hydrogens (tertiary/aromatic N) is 2. The Balaban J connectivity index is 1.80. The van der Waals surface area contributed by atoms with Crippen molar-refractivity contribution in [3.63, 3.8) is 0 Å². The average molecular weight is 291 g/mol. The summed E-state index contributed by atoms with van der Waals surface area (Å²) in [5.74, 6) is 1.08. The van der Waals surface area contributed by atoms with E-state index in [0.29, 0.717) is 17.4 Å². The molecule has 2 fully saturated rings. The molecule has 7 heteroatoms. The number of nitrogens with one attached hydrogen (secondary N) is 1. The molecule has 0 radical (unpaired) electrons. The second-order valence-electron chi connectivity index (χ2n) is 5.53. The van der Waals surface area contributed by atoms with Gasteiger partial charge in [0.2, 0.25) is 0 Å². The normalized spacial score (nSPS) is 24.0. The fourth-order valence-corrected chi connectivity index (χ4v) is 3.17. The van der Waals surface area contributed by atoms with Crippen molar-refractivity contribution in [2.24, 2.45) is 11.8 Å². The van der Waals surface area contributed by atoms with Gasteiger partial charge in [-0.2, -0.15) is 0 Å². The third-order valence-corrected chi connectivity index (χ3v) is 4.30. The number of ether oxygens (including phenoxy) is 1. The van der Waals surface area contributed by atoms with Gasteiger partial charge in [-0.25, -0.2) is 0 Å². The van der Waals surface area contributed by atoms with Crippen molar-refractivity contribution in [1.82, 2.24) is 10.2 Å². The van der Waals surface area contributed by atoms with Crippen molar-refractivity contribution in [3.05, 3.63) is 33.9 Å². The molecule has 2 heterocycles. The Bertz CT molecular complexity index is 578. The lowest BCUT2D eigenvalue weighted by molar-refractivity contribution is -0.385.